The predicted molar refractivity (Wildman–Crippen MR) is 68.9 cm³/mol. The van der Waals surface area contributed by atoms with Crippen molar-refractivity contribution in [3.05, 3.63) is 47.8 Å². The second-order valence-corrected chi connectivity index (χ2v) is 4.26. The van der Waals surface area contributed by atoms with Crippen molar-refractivity contribution in [1.29, 1.82) is 0 Å². The number of carboxylic acids is 1. The van der Waals surface area contributed by atoms with Crippen molar-refractivity contribution in [2.45, 2.75) is 13.0 Å². The molecule has 0 spiro atoms. The lowest BCUT2D eigenvalue weighted by Gasteiger charge is -2.14. The van der Waals surface area contributed by atoms with Gasteiger partial charge in [0.05, 0.1) is 5.69 Å². The van der Waals surface area contributed by atoms with Gasteiger partial charge in [0, 0.05) is 12.3 Å². The zero-order valence-corrected chi connectivity index (χ0v) is 10.9. The van der Waals surface area contributed by atoms with E-state index in [1.165, 1.54) is 19.2 Å². The van der Waals surface area contributed by atoms with Gasteiger partial charge in [-0.05, 0) is 25.1 Å². The molecule has 0 radical (unpaired) electrons. The predicted octanol–water partition coefficient (Wildman–Crippen LogP) is 2.06. The summed E-state index contributed by atoms with van der Waals surface area (Å²) in [6.45, 7) is 1.41. The topological polar surface area (TPSA) is 84.2 Å². The third kappa shape index (κ3) is 3.04. The summed E-state index contributed by atoms with van der Waals surface area (Å²) in [5, 5.41) is 15.0. The summed E-state index contributed by atoms with van der Waals surface area (Å²) in [6, 6.07) is 2.98. The quantitative estimate of drug-likeness (QED) is 0.904. The second kappa shape index (κ2) is 5.70. The van der Waals surface area contributed by atoms with Crippen LogP contribution in [-0.4, -0.2) is 26.8 Å². The zero-order chi connectivity index (χ0) is 15.6. The lowest BCUT2D eigenvalue weighted by molar-refractivity contribution is -0.119. The van der Waals surface area contributed by atoms with Crippen LogP contribution in [0.5, 0.6) is 0 Å². The first-order valence-corrected chi connectivity index (χ1v) is 5.93. The first-order chi connectivity index (χ1) is 9.90. The third-order valence-electron chi connectivity index (χ3n) is 2.82. The molecule has 1 aromatic heterocycles. The molecular formula is C13H11F2N3O3. The van der Waals surface area contributed by atoms with Crippen molar-refractivity contribution in [2.24, 2.45) is 0 Å². The fourth-order valence-electron chi connectivity index (χ4n) is 1.73. The summed E-state index contributed by atoms with van der Waals surface area (Å²) < 4.78 is 27.2. The molecule has 2 rings (SSSR count). The Labute approximate surface area is 118 Å². The Morgan fingerprint density at radius 1 is 1.33 bits per heavy atom. The SMILES string of the molecule is CC(C(=O)Nc1ccc(F)cc1F)n1nccc1C(=O)O. The number of carbonyl (C=O) groups is 2. The molecule has 0 saturated carbocycles. The molecule has 1 atom stereocenters. The molecule has 2 N–H and O–H groups in total. The summed E-state index contributed by atoms with van der Waals surface area (Å²) in [5.74, 6) is -3.60. The highest BCUT2D eigenvalue weighted by molar-refractivity contribution is 5.94. The first-order valence-electron chi connectivity index (χ1n) is 5.93. The Hall–Kier alpha value is -2.77. The molecule has 0 bridgehead atoms. The summed E-state index contributed by atoms with van der Waals surface area (Å²) in [6.07, 6.45) is 1.24. The number of halogens is 2. The van der Waals surface area contributed by atoms with Crippen LogP contribution in [0.25, 0.3) is 0 Å². The van der Waals surface area contributed by atoms with Crippen LogP contribution in [0.15, 0.2) is 30.5 Å². The zero-order valence-electron chi connectivity index (χ0n) is 10.9. The molecule has 8 heteroatoms. The molecular weight excluding hydrogens is 284 g/mol. The lowest BCUT2D eigenvalue weighted by Crippen LogP contribution is -2.27. The number of benzene rings is 1. The maximum Gasteiger partial charge on any atom is 0.354 e. The van der Waals surface area contributed by atoms with E-state index in [1.807, 2.05) is 0 Å². The number of nitrogens with one attached hydrogen (secondary N) is 1. The highest BCUT2D eigenvalue weighted by Crippen LogP contribution is 2.17. The van der Waals surface area contributed by atoms with Crippen molar-refractivity contribution in [2.75, 3.05) is 5.32 Å². The van der Waals surface area contributed by atoms with Crippen molar-refractivity contribution >= 4 is 17.6 Å². The van der Waals surface area contributed by atoms with Gasteiger partial charge < -0.3 is 10.4 Å². The minimum absolute atomic E-state index is 0.169. The van der Waals surface area contributed by atoms with Crippen LogP contribution in [0.3, 0.4) is 0 Å². The van der Waals surface area contributed by atoms with Gasteiger partial charge >= 0.3 is 5.97 Å². The van der Waals surface area contributed by atoms with E-state index in [9.17, 15) is 18.4 Å². The Bertz CT molecular complexity index is 700. The van der Waals surface area contributed by atoms with Gasteiger partial charge in [-0.25, -0.2) is 18.3 Å². The summed E-state index contributed by atoms with van der Waals surface area (Å²) in [7, 11) is 0. The van der Waals surface area contributed by atoms with E-state index in [-0.39, 0.29) is 11.4 Å². The number of hydrogen-bond acceptors (Lipinski definition) is 3. The van der Waals surface area contributed by atoms with Crippen molar-refractivity contribution in [1.82, 2.24) is 9.78 Å². The molecule has 1 heterocycles. The molecule has 0 aliphatic carbocycles. The number of hydrogen-bond donors (Lipinski definition) is 2. The van der Waals surface area contributed by atoms with Crippen LogP contribution in [-0.2, 0) is 4.79 Å². The molecule has 0 aliphatic rings. The van der Waals surface area contributed by atoms with Gasteiger partial charge in [0.1, 0.15) is 23.4 Å². The van der Waals surface area contributed by atoms with E-state index in [0.717, 1.165) is 16.8 Å². The highest BCUT2D eigenvalue weighted by atomic mass is 19.1. The fraction of sp³-hybridized carbons (Fsp3) is 0.154. The number of rotatable bonds is 4. The van der Waals surface area contributed by atoms with Crippen molar-refractivity contribution < 1.29 is 23.5 Å². The van der Waals surface area contributed by atoms with E-state index < -0.39 is 29.6 Å². The van der Waals surface area contributed by atoms with E-state index in [1.54, 1.807) is 0 Å². The molecule has 0 fully saturated rings. The van der Waals surface area contributed by atoms with Crippen LogP contribution in [0.2, 0.25) is 0 Å². The first kappa shape index (κ1) is 14.6. The summed E-state index contributed by atoms with van der Waals surface area (Å²) >= 11 is 0. The Morgan fingerprint density at radius 3 is 2.67 bits per heavy atom. The van der Waals surface area contributed by atoms with Crippen LogP contribution in [0, 0.1) is 11.6 Å². The Balaban J connectivity index is 2.20. The van der Waals surface area contributed by atoms with Crippen LogP contribution in [0.1, 0.15) is 23.5 Å². The molecule has 0 saturated heterocycles. The van der Waals surface area contributed by atoms with Crippen molar-refractivity contribution in [3.8, 4) is 0 Å². The molecule has 0 aliphatic heterocycles. The second-order valence-electron chi connectivity index (χ2n) is 4.26. The van der Waals surface area contributed by atoms with E-state index in [0.29, 0.717) is 6.07 Å². The average Bonchev–Trinajstić information content (AvgIpc) is 2.90. The number of anilines is 1. The number of amides is 1. The highest BCUT2D eigenvalue weighted by Gasteiger charge is 2.22. The van der Waals surface area contributed by atoms with Gasteiger partial charge in [-0.3, -0.25) is 4.79 Å². The van der Waals surface area contributed by atoms with Gasteiger partial charge in [0.2, 0.25) is 5.91 Å². The molecule has 1 unspecified atom stereocenters. The largest absolute Gasteiger partial charge is 0.477 e. The number of aromatic nitrogens is 2. The van der Waals surface area contributed by atoms with Gasteiger partial charge in [0.15, 0.2) is 0 Å². The normalized spacial score (nSPS) is 12.0. The lowest BCUT2D eigenvalue weighted by atomic mass is 10.2. The van der Waals surface area contributed by atoms with E-state index >= 15 is 0 Å². The fourth-order valence-corrected chi connectivity index (χ4v) is 1.73. The number of carboxylic acid groups (broad SMARTS) is 1. The number of carbonyl (C=O) groups excluding carboxylic acids is 1. The monoisotopic (exact) mass is 295 g/mol. The average molecular weight is 295 g/mol. The Morgan fingerprint density at radius 2 is 2.05 bits per heavy atom. The molecule has 1 amide bonds. The van der Waals surface area contributed by atoms with Crippen LogP contribution >= 0.6 is 0 Å². The van der Waals surface area contributed by atoms with Crippen LogP contribution in [0.4, 0.5) is 14.5 Å². The van der Waals surface area contributed by atoms with Crippen molar-refractivity contribution in [3.63, 3.8) is 0 Å². The van der Waals surface area contributed by atoms with E-state index in [2.05, 4.69) is 10.4 Å². The van der Waals surface area contributed by atoms with Gasteiger partial charge in [-0.2, -0.15) is 5.10 Å². The van der Waals surface area contributed by atoms with E-state index in [4.69, 9.17) is 5.11 Å². The van der Waals surface area contributed by atoms with Gasteiger partial charge in [0.25, 0.3) is 0 Å². The maximum absolute atomic E-state index is 13.5. The number of nitrogens with zero attached hydrogens (tertiary/aromatic N) is 2. The van der Waals surface area contributed by atoms with Crippen LogP contribution < -0.4 is 5.32 Å². The maximum atomic E-state index is 13.5. The minimum atomic E-state index is -1.24. The molecule has 21 heavy (non-hydrogen) atoms. The standard InChI is InChI=1S/C13H11F2N3O3/c1-7(18-11(13(20)21)4-5-16-18)12(19)17-10-3-2-8(14)6-9(10)15/h2-7H,1H3,(H,17,19)(H,20,21). The molecule has 110 valence electrons. The number of aromatic carboxylic acids is 1. The molecule has 6 nitrogen and oxygen atoms in total. The smallest absolute Gasteiger partial charge is 0.354 e. The Kier molecular flexibility index (Phi) is 3.97. The third-order valence-corrected chi connectivity index (χ3v) is 2.82. The summed E-state index contributed by atoms with van der Waals surface area (Å²) in [4.78, 5) is 23.0. The molecule has 2 aromatic rings. The summed E-state index contributed by atoms with van der Waals surface area (Å²) in [5.41, 5.74) is -0.366. The molecule has 1 aromatic carbocycles. The van der Waals surface area contributed by atoms with Gasteiger partial charge in [-0.15, -0.1) is 0 Å². The van der Waals surface area contributed by atoms with Gasteiger partial charge in [-0.1, -0.05) is 0 Å². The minimum Gasteiger partial charge on any atom is -0.477 e.